The third-order valence-electron chi connectivity index (χ3n) is 4.65. The lowest BCUT2D eigenvalue weighted by molar-refractivity contribution is 0.0959. The maximum Gasteiger partial charge on any atom is 0.326 e. The Morgan fingerprint density at radius 2 is 1.72 bits per heavy atom. The van der Waals surface area contributed by atoms with Crippen molar-refractivity contribution in [1.82, 2.24) is 5.32 Å². The molecule has 5 nitrogen and oxygen atoms in total. The Balaban J connectivity index is 1.80. The van der Waals surface area contributed by atoms with Gasteiger partial charge in [0.05, 0.1) is 12.0 Å². The molecule has 3 aromatic carbocycles. The number of benzene rings is 3. The van der Waals surface area contributed by atoms with Crippen LogP contribution in [-0.2, 0) is 0 Å². The Kier molecular flexibility index (Phi) is 7.23. The van der Waals surface area contributed by atoms with E-state index in [4.69, 9.17) is 11.6 Å². The van der Waals surface area contributed by atoms with Gasteiger partial charge in [-0.3, -0.25) is 10.1 Å². The third-order valence-corrected chi connectivity index (χ3v) is 5.51. The van der Waals surface area contributed by atoms with Crippen LogP contribution in [0.2, 0.25) is 5.02 Å². The molecule has 32 heavy (non-hydrogen) atoms. The number of carbonyl (C=O) groups is 2. The van der Waals surface area contributed by atoms with Crippen LogP contribution in [0.5, 0.6) is 0 Å². The van der Waals surface area contributed by atoms with Gasteiger partial charge in [0, 0.05) is 15.2 Å². The minimum absolute atomic E-state index is 0.229. The SMILES string of the molecule is Cc1cc(C(C#N)c2ccc(Br)cc2)c(Cl)cc1NC(=O)NC(=O)c1c(F)cccc1F. The Morgan fingerprint density at radius 3 is 2.31 bits per heavy atom. The van der Waals surface area contributed by atoms with E-state index in [-0.39, 0.29) is 10.7 Å². The standard InChI is InChI=1S/C23H15BrClF2N3O2/c1-12-9-15(16(11-28)13-5-7-14(24)8-6-13)17(25)10-20(12)29-23(32)30-22(31)21-18(26)3-2-4-19(21)27/h2-10,16H,1H3,(H2,29,30,31,32). The summed E-state index contributed by atoms with van der Waals surface area (Å²) in [5.41, 5.74) is 1.27. The zero-order valence-electron chi connectivity index (χ0n) is 16.5. The molecule has 0 saturated carbocycles. The van der Waals surface area contributed by atoms with Crippen LogP contribution >= 0.6 is 27.5 Å². The summed E-state index contributed by atoms with van der Waals surface area (Å²) in [7, 11) is 0. The highest BCUT2D eigenvalue weighted by Crippen LogP contribution is 2.34. The van der Waals surface area contributed by atoms with Crippen LogP contribution in [-0.4, -0.2) is 11.9 Å². The van der Waals surface area contributed by atoms with Crippen molar-refractivity contribution < 1.29 is 18.4 Å². The summed E-state index contributed by atoms with van der Waals surface area (Å²) in [4.78, 5) is 24.3. The van der Waals surface area contributed by atoms with Crippen LogP contribution in [0, 0.1) is 29.9 Å². The number of nitrogens with one attached hydrogen (secondary N) is 2. The molecule has 0 saturated heterocycles. The second-order valence-electron chi connectivity index (χ2n) is 6.81. The molecule has 0 spiro atoms. The summed E-state index contributed by atoms with van der Waals surface area (Å²) >= 11 is 9.73. The fourth-order valence-electron chi connectivity index (χ4n) is 3.07. The van der Waals surface area contributed by atoms with Crippen molar-refractivity contribution in [3.63, 3.8) is 0 Å². The van der Waals surface area contributed by atoms with Crippen LogP contribution in [0.3, 0.4) is 0 Å². The number of urea groups is 1. The Labute approximate surface area is 196 Å². The van der Waals surface area contributed by atoms with Crippen molar-refractivity contribution in [3.05, 3.63) is 98.0 Å². The zero-order chi connectivity index (χ0) is 23.4. The number of nitrogens with zero attached hydrogens (tertiary/aromatic N) is 1. The van der Waals surface area contributed by atoms with Gasteiger partial charge in [0.25, 0.3) is 5.91 Å². The van der Waals surface area contributed by atoms with E-state index in [1.54, 1.807) is 25.1 Å². The first-order valence-corrected chi connectivity index (χ1v) is 10.4. The normalized spacial score (nSPS) is 11.4. The summed E-state index contributed by atoms with van der Waals surface area (Å²) in [6.45, 7) is 1.68. The number of aryl methyl sites for hydroxylation is 1. The fourth-order valence-corrected chi connectivity index (χ4v) is 3.61. The molecule has 0 fully saturated rings. The molecule has 162 valence electrons. The van der Waals surface area contributed by atoms with E-state index < -0.39 is 35.1 Å². The van der Waals surface area contributed by atoms with E-state index >= 15 is 0 Å². The first-order valence-electron chi connectivity index (χ1n) is 9.22. The average molecular weight is 519 g/mol. The summed E-state index contributed by atoms with van der Waals surface area (Å²) in [6, 6.07) is 14.5. The van der Waals surface area contributed by atoms with Gasteiger partial charge in [0.15, 0.2) is 0 Å². The van der Waals surface area contributed by atoms with Crippen molar-refractivity contribution in [3.8, 4) is 6.07 Å². The highest BCUT2D eigenvalue weighted by atomic mass is 79.9. The summed E-state index contributed by atoms with van der Waals surface area (Å²) in [6.07, 6.45) is 0. The van der Waals surface area contributed by atoms with Gasteiger partial charge in [-0.15, -0.1) is 0 Å². The quantitative estimate of drug-likeness (QED) is 0.425. The predicted molar refractivity (Wildman–Crippen MR) is 121 cm³/mol. The van der Waals surface area contributed by atoms with Crippen LogP contribution in [0.1, 0.15) is 33.0 Å². The molecule has 0 radical (unpaired) electrons. The van der Waals surface area contributed by atoms with Gasteiger partial charge in [0.1, 0.15) is 17.2 Å². The molecule has 1 unspecified atom stereocenters. The molecule has 0 aliphatic heterocycles. The van der Waals surface area contributed by atoms with Gasteiger partial charge in [-0.05, 0) is 53.9 Å². The molecule has 3 rings (SSSR count). The monoisotopic (exact) mass is 517 g/mol. The highest BCUT2D eigenvalue weighted by Gasteiger charge is 2.21. The van der Waals surface area contributed by atoms with Crippen LogP contribution in [0.15, 0.2) is 59.1 Å². The molecule has 9 heteroatoms. The smallest absolute Gasteiger partial charge is 0.307 e. The van der Waals surface area contributed by atoms with Gasteiger partial charge in [-0.1, -0.05) is 51.8 Å². The minimum atomic E-state index is -1.22. The van der Waals surface area contributed by atoms with Crippen molar-refractivity contribution in [1.29, 1.82) is 5.26 Å². The molecular formula is C23H15BrClF2N3O2. The second-order valence-corrected chi connectivity index (χ2v) is 8.13. The maximum absolute atomic E-state index is 13.7. The molecule has 0 aromatic heterocycles. The van der Waals surface area contributed by atoms with Crippen LogP contribution in [0.4, 0.5) is 19.3 Å². The summed E-state index contributed by atoms with van der Waals surface area (Å²) in [5, 5.41) is 14.2. The zero-order valence-corrected chi connectivity index (χ0v) is 18.9. The maximum atomic E-state index is 13.7. The van der Waals surface area contributed by atoms with E-state index in [2.05, 4.69) is 27.3 Å². The topological polar surface area (TPSA) is 82.0 Å². The number of carbonyl (C=O) groups excluding carboxylic acids is 2. The number of imide groups is 1. The minimum Gasteiger partial charge on any atom is -0.307 e. The van der Waals surface area contributed by atoms with Crippen LogP contribution < -0.4 is 10.6 Å². The van der Waals surface area contributed by atoms with Gasteiger partial charge < -0.3 is 5.32 Å². The van der Waals surface area contributed by atoms with E-state index in [0.717, 1.165) is 28.2 Å². The van der Waals surface area contributed by atoms with Crippen molar-refractivity contribution in [2.75, 3.05) is 5.32 Å². The van der Waals surface area contributed by atoms with E-state index in [0.29, 0.717) is 11.1 Å². The molecule has 2 N–H and O–H groups in total. The number of hydrogen-bond donors (Lipinski definition) is 2. The highest BCUT2D eigenvalue weighted by molar-refractivity contribution is 9.10. The molecule has 0 aliphatic carbocycles. The van der Waals surface area contributed by atoms with Gasteiger partial charge in [-0.25, -0.2) is 13.6 Å². The largest absolute Gasteiger partial charge is 0.326 e. The van der Waals surface area contributed by atoms with Crippen molar-refractivity contribution >= 4 is 45.2 Å². The number of rotatable bonds is 4. The van der Waals surface area contributed by atoms with E-state index in [9.17, 15) is 23.6 Å². The third kappa shape index (κ3) is 5.13. The van der Waals surface area contributed by atoms with Crippen molar-refractivity contribution in [2.45, 2.75) is 12.8 Å². The number of halogens is 4. The number of amides is 3. The molecule has 1 atom stereocenters. The Hall–Kier alpha value is -3.28. The molecule has 0 aliphatic rings. The molecule has 3 amide bonds. The first-order chi connectivity index (χ1) is 15.2. The van der Waals surface area contributed by atoms with Gasteiger partial charge in [-0.2, -0.15) is 5.26 Å². The molecule has 0 heterocycles. The lowest BCUT2D eigenvalue weighted by atomic mass is 9.91. The Bertz CT molecular complexity index is 1220. The number of hydrogen-bond acceptors (Lipinski definition) is 3. The predicted octanol–water partition coefficient (Wildman–Crippen LogP) is 6.31. The molecule has 3 aromatic rings. The van der Waals surface area contributed by atoms with E-state index in [1.165, 1.54) is 6.07 Å². The lowest BCUT2D eigenvalue weighted by Gasteiger charge is -2.16. The van der Waals surface area contributed by atoms with Gasteiger partial charge in [0.2, 0.25) is 0 Å². The fraction of sp³-hybridized carbons (Fsp3) is 0.0870. The Morgan fingerprint density at radius 1 is 1.09 bits per heavy atom. The lowest BCUT2D eigenvalue weighted by Crippen LogP contribution is -2.35. The van der Waals surface area contributed by atoms with Crippen LogP contribution in [0.25, 0.3) is 0 Å². The van der Waals surface area contributed by atoms with Gasteiger partial charge >= 0.3 is 6.03 Å². The van der Waals surface area contributed by atoms with Crippen molar-refractivity contribution in [2.24, 2.45) is 0 Å². The number of anilines is 1. The summed E-state index contributed by atoms with van der Waals surface area (Å²) < 4.78 is 28.3. The molecule has 0 bridgehead atoms. The second kappa shape index (κ2) is 9.90. The van der Waals surface area contributed by atoms with E-state index in [1.807, 2.05) is 17.4 Å². The molecular weight excluding hydrogens is 504 g/mol. The first kappa shape index (κ1) is 23.4. The number of nitriles is 1. The average Bonchev–Trinajstić information content (AvgIpc) is 2.73. The summed E-state index contributed by atoms with van der Waals surface area (Å²) in [5.74, 6) is -4.04.